The van der Waals surface area contributed by atoms with Gasteiger partial charge in [-0.15, -0.1) is 0 Å². The van der Waals surface area contributed by atoms with Crippen LogP contribution in [0.3, 0.4) is 0 Å². The molecule has 0 saturated heterocycles. The topological polar surface area (TPSA) is 44.8 Å². The lowest BCUT2D eigenvalue weighted by Gasteiger charge is -2.06. The zero-order chi connectivity index (χ0) is 12.8. The number of carbonyl (C=O) groups excluding carboxylic acids is 1. The minimum atomic E-state index is -0.757. The Hall–Kier alpha value is -1.76. The summed E-state index contributed by atoms with van der Waals surface area (Å²) in [5, 5.41) is 0. The molecule has 5 heteroatoms. The Balaban J connectivity index is 2.02. The summed E-state index contributed by atoms with van der Waals surface area (Å²) in [6.45, 7) is 0. The summed E-state index contributed by atoms with van der Waals surface area (Å²) in [4.78, 5) is 10.9. The van der Waals surface area contributed by atoms with Crippen LogP contribution in [0.2, 0.25) is 0 Å². The Morgan fingerprint density at radius 3 is 2.00 bits per heavy atom. The number of benzene rings is 2. The molecule has 0 aliphatic heterocycles. The number of hydrogen-bond acceptors (Lipinski definition) is 4. The predicted molar refractivity (Wildman–Crippen MR) is 74.1 cm³/mol. The third-order valence-electron chi connectivity index (χ3n) is 2.07. The second kappa shape index (κ2) is 6.25. The zero-order valence-corrected chi connectivity index (χ0v) is 11.4. The van der Waals surface area contributed by atoms with Crippen molar-refractivity contribution in [2.45, 2.75) is 0 Å². The molecule has 2 aromatic rings. The largest absolute Gasteiger partial charge is 0.523 e. The highest BCUT2D eigenvalue weighted by Crippen LogP contribution is 2.23. The maximum Gasteiger partial charge on any atom is 0.523 e. The SMILES string of the molecule is O=C(OI)Oc1ccc(Oc2ccccc2)cc1. The molecule has 0 aliphatic carbocycles. The van der Waals surface area contributed by atoms with Gasteiger partial charge in [-0.25, -0.2) is 4.79 Å². The highest BCUT2D eigenvalue weighted by Gasteiger charge is 2.04. The Kier molecular flexibility index (Phi) is 4.40. The van der Waals surface area contributed by atoms with E-state index in [0.29, 0.717) is 11.5 Å². The summed E-state index contributed by atoms with van der Waals surface area (Å²) >= 11 is 1.46. The van der Waals surface area contributed by atoms with Crippen LogP contribution in [0.5, 0.6) is 17.2 Å². The fourth-order valence-electron chi connectivity index (χ4n) is 1.31. The monoisotopic (exact) mass is 356 g/mol. The van der Waals surface area contributed by atoms with E-state index in [1.807, 2.05) is 30.3 Å². The van der Waals surface area contributed by atoms with Crippen LogP contribution >= 0.6 is 23.0 Å². The van der Waals surface area contributed by atoms with Crippen molar-refractivity contribution < 1.29 is 17.3 Å². The molecule has 2 rings (SSSR count). The van der Waals surface area contributed by atoms with Crippen LogP contribution in [-0.4, -0.2) is 6.16 Å². The third-order valence-corrected chi connectivity index (χ3v) is 2.43. The number of halogens is 1. The van der Waals surface area contributed by atoms with Crippen LogP contribution in [0.1, 0.15) is 0 Å². The average molecular weight is 356 g/mol. The first-order valence-electron chi connectivity index (χ1n) is 5.11. The predicted octanol–water partition coefficient (Wildman–Crippen LogP) is 4.34. The summed E-state index contributed by atoms with van der Waals surface area (Å²) in [5.74, 6) is 1.81. The number of para-hydroxylation sites is 1. The molecule has 0 fully saturated rings. The first kappa shape index (κ1) is 12.7. The molecule has 0 spiro atoms. The van der Waals surface area contributed by atoms with Gasteiger partial charge in [0.1, 0.15) is 17.2 Å². The molecule has 0 amide bonds. The Bertz CT molecular complexity index is 510. The number of ether oxygens (including phenoxy) is 2. The van der Waals surface area contributed by atoms with Crippen molar-refractivity contribution in [2.75, 3.05) is 0 Å². The molecule has 18 heavy (non-hydrogen) atoms. The van der Waals surface area contributed by atoms with Crippen LogP contribution in [0.4, 0.5) is 4.79 Å². The lowest BCUT2D eigenvalue weighted by molar-refractivity contribution is 0.167. The van der Waals surface area contributed by atoms with Gasteiger partial charge in [-0.3, -0.25) is 0 Å². The summed E-state index contributed by atoms with van der Waals surface area (Å²) in [6, 6.07) is 16.1. The van der Waals surface area contributed by atoms with E-state index in [1.165, 1.54) is 23.0 Å². The molecular formula is C13H9IO4. The van der Waals surface area contributed by atoms with E-state index in [9.17, 15) is 4.79 Å². The van der Waals surface area contributed by atoms with Gasteiger partial charge in [0.25, 0.3) is 0 Å². The van der Waals surface area contributed by atoms with E-state index >= 15 is 0 Å². The molecule has 0 aliphatic rings. The molecule has 92 valence electrons. The molecule has 4 nitrogen and oxygen atoms in total. The van der Waals surface area contributed by atoms with Crippen molar-refractivity contribution in [2.24, 2.45) is 0 Å². The number of carbonyl (C=O) groups is 1. The normalized spacial score (nSPS) is 9.61. The lowest BCUT2D eigenvalue weighted by atomic mass is 10.3. The van der Waals surface area contributed by atoms with E-state index in [4.69, 9.17) is 9.47 Å². The Morgan fingerprint density at radius 1 is 0.833 bits per heavy atom. The lowest BCUT2D eigenvalue weighted by Crippen LogP contribution is -2.03. The first-order chi connectivity index (χ1) is 8.78. The van der Waals surface area contributed by atoms with E-state index in [-0.39, 0.29) is 0 Å². The molecule has 0 unspecified atom stereocenters. The maximum atomic E-state index is 10.9. The van der Waals surface area contributed by atoms with Gasteiger partial charge in [-0.1, -0.05) is 18.2 Å². The smallest absolute Gasteiger partial charge is 0.457 e. The van der Waals surface area contributed by atoms with Crippen molar-refractivity contribution in [3.05, 3.63) is 54.6 Å². The highest BCUT2D eigenvalue weighted by molar-refractivity contribution is 14.1. The summed E-state index contributed by atoms with van der Waals surface area (Å²) in [7, 11) is 0. The van der Waals surface area contributed by atoms with Crippen LogP contribution in [0.25, 0.3) is 0 Å². The van der Waals surface area contributed by atoms with Gasteiger partial charge >= 0.3 is 6.16 Å². The van der Waals surface area contributed by atoms with Crippen LogP contribution in [0.15, 0.2) is 54.6 Å². The van der Waals surface area contributed by atoms with Crippen molar-refractivity contribution in [1.29, 1.82) is 0 Å². The molecule has 0 heterocycles. The van der Waals surface area contributed by atoms with E-state index < -0.39 is 6.16 Å². The van der Waals surface area contributed by atoms with Gasteiger partial charge in [-0.2, -0.15) is 0 Å². The molecule has 0 saturated carbocycles. The molecular weight excluding hydrogens is 347 g/mol. The van der Waals surface area contributed by atoms with Crippen molar-refractivity contribution >= 4 is 29.2 Å². The molecule has 0 radical (unpaired) electrons. The minimum absolute atomic E-state index is 0.400. The number of hydrogen-bond donors (Lipinski definition) is 0. The Morgan fingerprint density at radius 2 is 1.39 bits per heavy atom. The first-order valence-corrected chi connectivity index (χ1v) is 5.99. The van der Waals surface area contributed by atoms with Gasteiger partial charge in [0.2, 0.25) is 0 Å². The van der Waals surface area contributed by atoms with Crippen LogP contribution in [0, 0.1) is 0 Å². The minimum Gasteiger partial charge on any atom is -0.457 e. The summed E-state index contributed by atoms with van der Waals surface area (Å²) in [6.07, 6.45) is -0.757. The number of rotatable bonds is 3. The summed E-state index contributed by atoms with van der Waals surface area (Å²) in [5.41, 5.74) is 0. The van der Waals surface area contributed by atoms with E-state index in [0.717, 1.165) is 5.75 Å². The van der Waals surface area contributed by atoms with Crippen molar-refractivity contribution in [3.63, 3.8) is 0 Å². The highest BCUT2D eigenvalue weighted by atomic mass is 127. The van der Waals surface area contributed by atoms with Crippen molar-refractivity contribution in [3.8, 4) is 17.2 Å². The molecule has 0 atom stereocenters. The molecule has 0 N–H and O–H groups in total. The fraction of sp³-hybridized carbons (Fsp3) is 0. The molecule has 0 aromatic heterocycles. The maximum absolute atomic E-state index is 10.9. The van der Waals surface area contributed by atoms with Crippen molar-refractivity contribution in [1.82, 2.24) is 0 Å². The van der Waals surface area contributed by atoms with E-state index in [2.05, 4.69) is 3.07 Å². The molecule has 2 aromatic carbocycles. The third kappa shape index (κ3) is 3.63. The quantitative estimate of drug-likeness (QED) is 0.466. The Labute approximate surface area is 118 Å². The second-order valence-corrected chi connectivity index (χ2v) is 3.76. The van der Waals surface area contributed by atoms with Crippen LogP contribution in [-0.2, 0) is 3.07 Å². The van der Waals surface area contributed by atoms with Gasteiger partial charge in [0.15, 0.2) is 23.0 Å². The van der Waals surface area contributed by atoms with Gasteiger partial charge < -0.3 is 12.5 Å². The second-order valence-electron chi connectivity index (χ2n) is 3.32. The summed E-state index contributed by atoms with van der Waals surface area (Å²) < 4.78 is 14.8. The van der Waals surface area contributed by atoms with E-state index in [1.54, 1.807) is 24.3 Å². The van der Waals surface area contributed by atoms with Gasteiger partial charge in [0, 0.05) is 0 Å². The van der Waals surface area contributed by atoms with Gasteiger partial charge in [0.05, 0.1) is 0 Å². The molecule has 0 bridgehead atoms. The van der Waals surface area contributed by atoms with Gasteiger partial charge in [-0.05, 0) is 36.4 Å². The zero-order valence-electron chi connectivity index (χ0n) is 9.21. The standard InChI is InChI=1S/C13H9IO4/c14-18-13(15)17-12-8-6-11(7-9-12)16-10-4-2-1-3-5-10/h1-9H. The average Bonchev–Trinajstić information content (AvgIpc) is 2.42. The fourth-order valence-corrected chi connectivity index (χ4v) is 1.40. The van der Waals surface area contributed by atoms with Crippen LogP contribution < -0.4 is 9.47 Å².